The zero-order valence-corrected chi connectivity index (χ0v) is 20.7. The third kappa shape index (κ3) is 7.35. The maximum atomic E-state index is 12.2. The van der Waals surface area contributed by atoms with Crippen molar-refractivity contribution >= 4 is 41.6 Å². The van der Waals surface area contributed by atoms with Crippen LogP contribution < -0.4 is 10.6 Å². The molecule has 1 amide bonds. The summed E-state index contributed by atoms with van der Waals surface area (Å²) in [4.78, 5) is 38.5. The van der Waals surface area contributed by atoms with E-state index in [1.54, 1.807) is 38.2 Å². The predicted octanol–water partition coefficient (Wildman–Crippen LogP) is 4.41. The first-order valence-corrected chi connectivity index (χ1v) is 10.8. The lowest BCUT2D eigenvalue weighted by Crippen LogP contribution is -2.10. The number of carbonyl (C=O) groups excluding carboxylic acids is 2. The summed E-state index contributed by atoms with van der Waals surface area (Å²) in [7, 11) is 3.00. The normalized spacial score (nSPS) is 9.79. The minimum Gasteiger partial charge on any atom is -0.478 e. The van der Waals surface area contributed by atoms with Gasteiger partial charge in [0.1, 0.15) is 0 Å². The fourth-order valence-corrected chi connectivity index (χ4v) is 3.09. The van der Waals surface area contributed by atoms with E-state index in [1.807, 2.05) is 20.8 Å². The first-order valence-electron chi connectivity index (χ1n) is 10.3. The lowest BCUT2D eigenvalue weighted by molar-refractivity contribution is -0.109. The van der Waals surface area contributed by atoms with E-state index in [0.717, 1.165) is 18.5 Å². The molecule has 2 rings (SSSR count). The summed E-state index contributed by atoms with van der Waals surface area (Å²) < 4.78 is 4.82. The maximum Gasteiger partial charge on any atom is 0.357 e. The zero-order valence-electron chi connectivity index (χ0n) is 19.8. The number of aromatic nitrogens is 1. The van der Waals surface area contributed by atoms with Crippen LogP contribution in [0, 0.1) is 6.92 Å². The molecule has 0 unspecified atom stereocenters. The molecule has 0 atom stereocenters. The number of aromatic carboxylic acids is 1. The van der Waals surface area contributed by atoms with E-state index in [4.69, 9.17) is 4.74 Å². The number of methoxy groups -OCH3 is 1. The number of hydrogen-bond acceptors (Lipinski definition) is 7. The largest absolute Gasteiger partial charge is 0.478 e. The van der Waals surface area contributed by atoms with Gasteiger partial charge >= 0.3 is 11.9 Å². The molecule has 8 nitrogen and oxygen atoms in total. The summed E-state index contributed by atoms with van der Waals surface area (Å²) in [6.07, 6.45) is 1.72. The van der Waals surface area contributed by atoms with Crippen LogP contribution in [-0.2, 0) is 9.53 Å². The average Bonchev–Trinajstić information content (AvgIpc) is 2.80. The molecule has 9 heteroatoms. The van der Waals surface area contributed by atoms with Gasteiger partial charge in [-0.2, -0.15) is 0 Å². The van der Waals surface area contributed by atoms with Crippen LogP contribution in [0.25, 0.3) is 16.0 Å². The van der Waals surface area contributed by atoms with Gasteiger partial charge in [-0.05, 0) is 45.4 Å². The molecule has 3 N–H and O–H groups in total. The summed E-state index contributed by atoms with van der Waals surface area (Å²) in [6.45, 7) is 8.35. The van der Waals surface area contributed by atoms with Gasteiger partial charge in [-0.15, -0.1) is 12.6 Å². The van der Waals surface area contributed by atoms with Crippen molar-refractivity contribution in [1.29, 1.82) is 0 Å². The summed E-state index contributed by atoms with van der Waals surface area (Å²) in [5, 5.41) is 15.4. The number of aryl methyl sites for hydroxylation is 1. The van der Waals surface area contributed by atoms with Gasteiger partial charge in [0.15, 0.2) is 5.69 Å². The van der Waals surface area contributed by atoms with Crippen LogP contribution in [0.5, 0.6) is 0 Å². The molecule has 178 valence electrons. The topological polar surface area (TPSA) is 118 Å². The number of carboxylic acids is 1. The molecule has 0 saturated carbocycles. The Hall–Kier alpha value is -3.33. The molecule has 0 aliphatic heterocycles. The molecule has 1 aromatic heterocycles. The molecule has 2 aromatic rings. The third-order valence-corrected chi connectivity index (χ3v) is 5.26. The first-order chi connectivity index (χ1) is 15.6. The van der Waals surface area contributed by atoms with Crippen LogP contribution in [0.2, 0.25) is 0 Å². The van der Waals surface area contributed by atoms with Gasteiger partial charge in [0, 0.05) is 46.6 Å². The summed E-state index contributed by atoms with van der Waals surface area (Å²) in [5.74, 6) is -1.74. The SMILES string of the molecule is CCCNC=O.CNc1cc(-c2ccc(C)nc2C(=O)OC)c(C(=O)O)cc1C(S)=C(C)C. The molecule has 33 heavy (non-hydrogen) atoms. The standard InChI is InChI=1S/C20H22N2O4S.C4H9NO/c1-10(2)18(27)15-8-14(19(23)24)13(9-16(15)21-4)12-7-6-11(3)22-17(12)20(25)26-5;1-2-3-5-4-6/h6-9,21,27H,1-5H3,(H,23,24);4H,2-3H2,1H3,(H,5,6). The second-order valence-corrected chi connectivity index (χ2v) is 7.71. The van der Waals surface area contributed by atoms with Gasteiger partial charge < -0.3 is 20.5 Å². The van der Waals surface area contributed by atoms with E-state index in [0.29, 0.717) is 39.4 Å². The number of nitrogens with zero attached hydrogens (tertiary/aromatic N) is 1. The Bertz CT molecular complexity index is 1050. The van der Waals surface area contributed by atoms with E-state index < -0.39 is 11.9 Å². The number of carbonyl (C=O) groups is 3. The maximum absolute atomic E-state index is 12.2. The highest BCUT2D eigenvalue weighted by Gasteiger charge is 2.23. The fourth-order valence-electron chi connectivity index (χ4n) is 2.90. The number of anilines is 1. The van der Waals surface area contributed by atoms with Gasteiger partial charge in [0.05, 0.1) is 12.7 Å². The molecule has 0 saturated heterocycles. The highest BCUT2D eigenvalue weighted by atomic mass is 32.1. The van der Waals surface area contributed by atoms with E-state index in [9.17, 15) is 19.5 Å². The van der Waals surface area contributed by atoms with Crippen molar-refractivity contribution in [2.24, 2.45) is 0 Å². The Morgan fingerprint density at radius 2 is 1.85 bits per heavy atom. The molecular weight excluding hydrogens is 442 g/mol. The number of benzene rings is 1. The van der Waals surface area contributed by atoms with Crippen molar-refractivity contribution in [2.75, 3.05) is 26.0 Å². The van der Waals surface area contributed by atoms with Crippen LogP contribution in [-0.4, -0.2) is 49.1 Å². The Balaban J connectivity index is 0.000000801. The molecule has 1 aromatic carbocycles. The summed E-state index contributed by atoms with van der Waals surface area (Å²) in [6, 6.07) is 6.65. The lowest BCUT2D eigenvalue weighted by atomic mass is 9.94. The van der Waals surface area contributed by atoms with Gasteiger partial charge in [0.2, 0.25) is 6.41 Å². The van der Waals surface area contributed by atoms with E-state index in [1.165, 1.54) is 7.11 Å². The lowest BCUT2D eigenvalue weighted by Gasteiger charge is -2.17. The van der Waals surface area contributed by atoms with Crippen LogP contribution in [0.4, 0.5) is 5.69 Å². The Kier molecular flexibility index (Phi) is 11.1. The monoisotopic (exact) mass is 473 g/mol. The molecule has 0 fully saturated rings. The number of rotatable bonds is 8. The molecule has 1 heterocycles. The number of carboxylic acid groups (broad SMARTS) is 1. The van der Waals surface area contributed by atoms with E-state index in [2.05, 4.69) is 28.2 Å². The van der Waals surface area contributed by atoms with Gasteiger partial charge in [0.25, 0.3) is 0 Å². The van der Waals surface area contributed by atoms with Crippen molar-refractivity contribution in [3.05, 3.63) is 52.4 Å². The van der Waals surface area contributed by atoms with E-state index >= 15 is 0 Å². The van der Waals surface area contributed by atoms with Crippen LogP contribution >= 0.6 is 12.6 Å². The van der Waals surface area contributed by atoms with Crippen molar-refractivity contribution in [3.63, 3.8) is 0 Å². The molecular formula is C24H31N3O5S. The Morgan fingerprint density at radius 3 is 2.30 bits per heavy atom. The number of ether oxygens (including phenoxy) is 1. The van der Waals surface area contributed by atoms with Crippen molar-refractivity contribution in [2.45, 2.75) is 34.1 Å². The number of allylic oxidation sites excluding steroid dienone is 1. The molecule has 0 radical (unpaired) electrons. The number of amides is 1. The molecule has 0 spiro atoms. The van der Waals surface area contributed by atoms with Gasteiger partial charge in [-0.3, -0.25) is 4.79 Å². The van der Waals surface area contributed by atoms with Gasteiger partial charge in [-0.25, -0.2) is 14.6 Å². The van der Waals surface area contributed by atoms with Crippen LogP contribution in [0.1, 0.15) is 59.3 Å². The van der Waals surface area contributed by atoms with Crippen molar-refractivity contribution in [1.82, 2.24) is 10.3 Å². The number of pyridine rings is 1. The fraction of sp³-hybridized carbons (Fsp3) is 0.333. The van der Waals surface area contributed by atoms with Crippen molar-refractivity contribution in [3.8, 4) is 11.1 Å². The minimum atomic E-state index is -1.11. The first kappa shape index (κ1) is 27.7. The number of nitrogens with one attached hydrogen (secondary N) is 2. The summed E-state index contributed by atoms with van der Waals surface area (Å²) >= 11 is 4.52. The molecule has 0 bridgehead atoms. The average molecular weight is 474 g/mol. The quantitative estimate of drug-likeness (QED) is 0.194. The Labute approximate surface area is 199 Å². The number of thiol groups is 1. The van der Waals surface area contributed by atoms with Crippen molar-refractivity contribution < 1.29 is 24.2 Å². The number of esters is 1. The highest BCUT2D eigenvalue weighted by Crippen LogP contribution is 2.37. The zero-order chi connectivity index (χ0) is 25.1. The second kappa shape index (κ2) is 13.3. The third-order valence-electron chi connectivity index (χ3n) is 4.57. The second-order valence-electron chi connectivity index (χ2n) is 7.26. The minimum absolute atomic E-state index is 0.0487. The van der Waals surface area contributed by atoms with Crippen LogP contribution in [0.3, 0.4) is 0 Å². The molecule has 0 aliphatic carbocycles. The number of hydrogen-bond donors (Lipinski definition) is 4. The molecule has 0 aliphatic rings. The highest BCUT2D eigenvalue weighted by molar-refractivity contribution is 7.90. The van der Waals surface area contributed by atoms with Crippen LogP contribution in [0.15, 0.2) is 29.8 Å². The predicted molar refractivity (Wildman–Crippen MR) is 134 cm³/mol. The smallest absolute Gasteiger partial charge is 0.357 e. The van der Waals surface area contributed by atoms with E-state index in [-0.39, 0.29) is 11.3 Å². The summed E-state index contributed by atoms with van der Waals surface area (Å²) in [5.41, 5.74) is 3.83. The van der Waals surface area contributed by atoms with Gasteiger partial charge in [-0.1, -0.05) is 18.6 Å². The Morgan fingerprint density at radius 1 is 1.18 bits per heavy atom.